The molecule has 3 aromatic carbocycles. The van der Waals surface area contributed by atoms with E-state index in [-0.39, 0.29) is 18.2 Å². The van der Waals surface area contributed by atoms with E-state index in [1.165, 1.54) is 0 Å². The molecule has 5 nitrogen and oxygen atoms in total. The van der Waals surface area contributed by atoms with Crippen molar-refractivity contribution in [3.05, 3.63) is 76.8 Å². The number of carbonyl (C=O) groups excluding carboxylic acids is 2. The lowest BCUT2D eigenvalue weighted by molar-refractivity contribution is -0.115. The summed E-state index contributed by atoms with van der Waals surface area (Å²) in [6, 6.07) is 20.6. The second-order valence-electron chi connectivity index (χ2n) is 6.02. The van der Waals surface area contributed by atoms with E-state index in [4.69, 9.17) is 0 Å². The van der Waals surface area contributed by atoms with Crippen molar-refractivity contribution in [2.45, 2.75) is 13.3 Å². The molecule has 2 amide bonds. The van der Waals surface area contributed by atoms with Gasteiger partial charge in [0.25, 0.3) is 5.91 Å². The molecule has 2 N–H and O–H groups in total. The number of anilines is 1. The highest BCUT2D eigenvalue weighted by Gasteiger charge is 2.10. The SMILES string of the molecule is C/C(CC(=O)Nc1ccccc1Br)=N\NC(=O)c1cccc2ccccc12. The van der Waals surface area contributed by atoms with Gasteiger partial charge in [-0.25, -0.2) is 5.43 Å². The summed E-state index contributed by atoms with van der Waals surface area (Å²) in [4.78, 5) is 24.6. The summed E-state index contributed by atoms with van der Waals surface area (Å²) >= 11 is 3.38. The Hall–Kier alpha value is -2.99. The second-order valence-corrected chi connectivity index (χ2v) is 6.87. The third-order valence-corrected chi connectivity index (χ3v) is 4.64. The van der Waals surface area contributed by atoms with Crippen LogP contribution in [0.1, 0.15) is 23.7 Å². The van der Waals surface area contributed by atoms with Crippen molar-refractivity contribution in [2.75, 3.05) is 5.32 Å². The Morgan fingerprint density at radius 1 is 0.963 bits per heavy atom. The van der Waals surface area contributed by atoms with E-state index in [0.717, 1.165) is 15.2 Å². The van der Waals surface area contributed by atoms with Crippen molar-refractivity contribution < 1.29 is 9.59 Å². The Kier molecular flexibility index (Phi) is 5.98. The topological polar surface area (TPSA) is 70.6 Å². The number of hydrogen-bond donors (Lipinski definition) is 2. The van der Waals surface area contributed by atoms with E-state index in [1.807, 2.05) is 54.6 Å². The number of hydrogen-bond acceptors (Lipinski definition) is 3. The van der Waals surface area contributed by atoms with Crippen LogP contribution >= 0.6 is 15.9 Å². The zero-order valence-electron chi connectivity index (χ0n) is 14.7. The molecule has 0 saturated carbocycles. The summed E-state index contributed by atoms with van der Waals surface area (Å²) in [6.07, 6.45) is 0.0805. The lowest BCUT2D eigenvalue weighted by Crippen LogP contribution is -2.21. The molecule has 0 aliphatic heterocycles. The molecule has 0 radical (unpaired) electrons. The van der Waals surface area contributed by atoms with Crippen molar-refractivity contribution in [3.63, 3.8) is 0 Å². The molecule has 0 bridgehead atoms. The maximum Gasteiger partial charge on any atom is 0.271 e. The molecule has 0 saturated heterocycles. The zero-order chi connectivity index (χ0) is 19.2. The zero-order valence-corrected chi connectivity index (χ0v) is 16.3. The first-order chi connectivity index (χ1) is 13.0. The molecule has 0 fully saturated rings. The smallest absolute Gasteiger partial charge is 0.271 e. The van der Waals surface area contributed by atoms with Crippen molar-refractivity contribution in [2.24, 2.45) is 5.10 Å². The van der Waals surface area contributed by atoms with Crippen LogP contribution < -0.4 is 10.7 Å². The molecule has 0 aliphatic carbocycles. The molecule has 0 heterocycles. The minimum atomic E-state index is -0.308. The van der Waals surface area contributed by atoms with Gasteiger partial charge in [0, 0.05) is 15.7 Å². The normalized spacial score (nSPS) is 11.3. The molecule has 3 aromatic rings. The Morgan fingerprint density at radius 3 is 2.48 bits per heavy atom. The quantitative estimate of drug-likeness (QED) is 0.459. The standard InChI is InChI=1S/C21H18BrN3O2/c1-14(13-20(26)23-19-12-5-4-11-18(19)22)24-25-21(27)17-10-6-8-15-7-2-3-9-16(15)17/h2-12H,13H2,1H3,(H,23,26)(H,25,27)/b24-14+. The van der Waals surface area contributed by atoms with E-state index < -0.39 is 0 Å². The van der Waals surface area contributed by atoms with Crippen LogP contribution in [-0.2, 0) is 4.79 Å². The fourth-order valence-corrected chi connectivity index (χ4v) is 3.04. The Balaban J connectivity index is 1.64. The number of benzene rings is 3. The molecular weight excluding hydrogens is 406 g/mol. The van der Waals surface area contributed by atoms with Crippen LogP contribution in [0.4, 0.5) is 5.69 Å². The van der Waals surface area contributed by atoms with Gasteiger partial charge in [-0.3, -0.25) is 9.59 Å². The summed E-state index contributed by atoms with van der Waals surface area (Å²) in [5, 5.41) is 8.70. The third kappa shape index (κ3) is 4.80. The van der Waals surface area contributed by atoms with E-state index in [2.05, 4.69) is 31.8 Å². The van der Waals surface area contributed by atoms with Gasteiger partial charge < -0.3 is 5.32 Å². The Labute approximate surface area is 165 Å². The lowest BCUT2D eigenvalue weighted by Gasteiger charge is -2.08. The third-order valence-electron chi connectivity index (χ3n) is 3.95. The number of para-hydroxylation sites is 1. The van der Waals surface area contributed by atoms with Gasteiger partial charge in [-0.1, -0.05) is 48.5 Å². The Bertz CT molecular complexity index is 1030. The average molecular weight is 424 g/mol. The predicted octanol–water partition coefficient (Wildman–Crippen LogP) is 4.74. The van der Waals surface area contributed by atoms with E-state index in [1.54, 1.807) is 19.1 Å². The molecule has 0 spiro atoms. The fraction of sp³-hybridized carbons (Fsp3) is 0.0952. The fourth-order valence-electron chi connectivity index (χ4n) is 2.66. The van der Waals surface area contributed by atoms with Crippen LogP contribution in [0.3, 0.4) is 0 Å². The number of halogens is 1. The summed E-state index contributed by atoms with van der Waals surface area (Å²) < 4.78 is 0.803. The molecule has 0 aliphatic rings. The van der Waals surface area contributed by atoms with Gasteiger partial charge >= 0.3 is 0 Å². The molecule has 27 heavy (non-hydrogen) atoms. The van der Waals surface area contributed by atoms with Gasteiger partial charge in [-0.15, -0.1) is 0 Å². The minimum absolute atomic E-state index is 0.0805. The molecule has 136 valence electrons. The van der Waals surface area contributed by atoms with Crippen LogP contribution in [0.15, 0.2) is 76.3 Å². The van der Waals surface area contributed by atoms with Gasteiger partial charge in [0.2, 0.25) is 5.91 Å². The van der Waals surface area contributed by atoms with Gasteiger partial charge in [-0.2, -0.15) is 5.10 Å². The number of nitrogens with zero attached hydrogens (tertiary/aromatic N) is 1. The maximum absolute atomic E-state index is 12.5. The predicted molar refractivity (Wildman–Crippen MR) is 112 cm³/mol. The second kappa shape index (κ2) is 8.60. The molecule has 6 heteroatoms. The van der Waals surface area contributed by atoms with Crippen LogP contribution in [0.25, 0.3) is 10.8 Å². The first kappa shape index (κ1) is 18.8. The molecule has 0 atom stereocenters. The number of carbonyl (C=O) groups is 2. The Morgan fingerprint density at radius 2 is 1.67 bits per heavy atom. The van der Waals surface area contributed by atoms with Crippen LogP contribution in [0.2, 0.25) is 0 Å². The van der Waals surface area contributed by atoms with E-state index in [9.17, 15) is 9.59 Å². The van der Waals surface area contributed by atoms with Gasteiger partial charge in [0.05, 0.1) is 12.1 Å². The van der Waals surface area contributed by atoms with Crippen molar-refractivity contribution in [3.8, 4) is 0 Å². The first-order valence-corrected chi connectivity index (χ1v) is 9.19. The number of nitrogens with one attached hydrogen (secondary N) is 2. The summed E-state index contributed by atoms with van der Waals surface area (Å²) in [6.45, 7) is 1.70. The summed E-state index contributed by atoms with van der Waals surface area (Å²) in [5.41, 5.74) is 4.27. The summed E-state index contributed by atoms with van der Waals surface area (Å²) in [7, 11) is 0. The monoisotopic (exact) mass is 423 g/mol. The number of amides is 2. The van der Waals surface area contributed by atoms with Gasteiger partial charge in [0.1, 0.15) is 0 Å². The first-order valence-electron chi connectivity index (χ1n) is 8.40. The highest BCUT2D eigenvalue weighted by atomic mass is 79.9. The highest BCUT2D eigenvalue weighted by Crippen LogP contribution is 2.21. The number of fused-ring (bicyclic) bond motifs is 1. The maximum atomic E-state index is 12.5. The van der Waals surface area contributed by atoms with Crippen molar-refractivity contribution in [1.29, 1.82) is 0 Å². The largest absolute Gasteiger partial charge is 0.325 e. The minimum Gasteiger partial charge on any atom is -0.325 e. The molecule has 3 rings (SSSR count). The highest BCUT2D eigenvalue weighted by molar-refractivity contribution is 9.10. The lowest BCUT2D eigenvalue weighted by atomic mass is 10.0. The molecule has 0 unspecified atom stereocenters. The van der Waals surface area contributed by atoms with Crippen LogP contribution in [-0.4, -0.2) is 17.5 Å². The number of rotatable bonds is 5. The van der Waals surface area contributed by atoms with E-state index in [0.29, 0.717) is 17.0 Å². The molecular formula is C21H18BrN3O2. The van der Waals surface area contributed by atoms with Gasteiger partial charge in [-0.05, 0) is 51.8 Å². The van der Waals surface area contributed by atoms with Crippen molar-refractivity contribution in [1.82, 2.24) is 5.43 Å². The average Bonchev–Trinajstić information content (AvgIpc) is 2.67. The summed E-state index contributed by atoms with van der Waals surface area (Å²) in [5.74, 6) is -0.514. The van der Waals surface area contributed by atoms with Gasteiger partial charge in [0.15, 0.2) is 0 Å². The van der Waals surface area contributed by atoms with Crippen LogP contribution in [0, 0.1) is 0 Å². The van der Waals surface area contributed by atoms with E-state index >= 15 is 0 Å². The molecule has 0 aromatic heterocycles. The number of hydrazone groups is 1. The van der Waals surface area contributed by atoms with Crippen LogP contribution in [0.5, 0.6) is 0 Å². The van der Waals surface area contributed by atoms with Crippen molar-refractivity contribution >= 4 is 49.9 Å².